The van der Waals surface area contributed by atoms with Gasteiger partial charge in [0.2, 0.25) is 0 Å². The van der Waals surface area contributed by atoms with Gasteiger partial charge in [0.05, 0.1) is 26.9 Å². The van der Waals surface area contributed by atoms with Crippen molar-refractivity contribution in [2.45, 2.75) is 25.4 Å². The molecule has 0 saturated carbocycles. The second-order valence-corrected chi connectivity index (χ2v) is 5.37. The monoisotopic (exact) mass is 294 g/mol. The molecule has 1 aliphatic heterocycles. The van der Waals surface area contributed by atoms with Crippen LogP contribution in [0.5, 0.6) is 17.2 Å². The van der Waals surface area contributed by atoms with E-state index in [0.29, 0.717) is 6.04 Å². The summed E-state index contributed by atoms with van der Waals surface area (Å²) < 4.78 is 16.3. The highest BCUT2D eigenvalue weighted by Gasteiger charge is 2.22. The number of piperidine rings is 1. The zero-order valence-electron chi connectivity index (χ0n) is 13.4. The lowest BCUT2D eigenvalue weighted by Gasteiger charge is -2.33. The minimum absolute atomic E-state index is 0.564. The highest BCUT2D eigenvalue weighted by molar-refractivity contribution is 5.50. The van der Waals surface area contributed by atoms with Crippen LogP contribution in [0.4, 0.5) is 0 Å². The minimum atomic E-state index is 0.564. The van der Waals surface area contributed by atoms with Crippen molar-refractivity contribution in [1.29, 1.82) is 0 Å². The predicted molar refractivity (Wildman–Crippen MR) is 83.5 cm³/mol. The summed E-state index contributed by atoms with van der Waals surface area (Å²) in [5.41, 5.74) is 1.08. The van der Waals surface area contributed by atoms with E-state index in [0.717, 1.165) is 42.4 Å². The third kappa shape index (κ3) is 3.80. The first-order valence-corrected chi connectivity index (χ1v) is 7.40. The Balaban J connectivity index is 2.21. The maximum atomic E-state index is 5.52. The van der Waals surface area contributed by atoms with Gasteiger partial charge in [0.15, 0.2) is 0 Å². The van der Waals surface area contributed by atoms with Crippen LogP contribution in [-0.2, 0) is 6.54 Å². The molecule has 1 atom stereocenters. The Hall–Kier alpha value is -1.46. The van der Waals surface area contributed by atoms with Crippen molar-refractivity contribution in [3.8, 4) is 17.2 Å². The van der Waals surface area contributed by atoms with Gasteiger partial charge in [-0.05, 0) is 26.4 Å². The molecule has 0 amide bonds. The third-order valence-electron chi connectivity index (χ3n) is 4.11. The molecule has 1 N–H and O–H groups in total. The van der Waals surface area contributed by atoms with E-state index in [4.69, 9.17) is 14.2 Å². The molecule has 1 aromatic rings. The SMILES string of the molecule is CNC1CCCN(Cc2c(OC)cc(OC)cc2OC)C1. The largest absolute Gasteiger partial charge is 0.496 e. The standard InChI is InChI=1S/C16H26N2O3/c1-17-12-6-5-7-18(10-12)11-14-15(20-3)8-13(19-2)9-16(14)21-4/h8-9,12,17H,5-7,10-11H2,1-4H3. The molecule has 5 nitrogen and oxygen atoms in total. The van der Waals surface area contributed by atoms with Gasteiger partial charge in [0.1, 0.15) is 17.2 Å². The number of ether oxygens (including phenoxy) is 3. The smallest absolute Gasteiger partial charge is 0.130 e. The van der Waals surface area contributed by atoms with Crippen molar-refractivity contribution < 1.29 is 14.2 Å². The summed E-state index contributed by atoms with van der Waals surface area (Å²) >= 11 is 0. The molecule has 21 heavy (non-hydrogen) atoms. The Kier molecular flexibility index (Phi) is 5.70. The Bertz CT molecular complexity index is 440. The van der Waals surface area contributed by atoms with E-state index in [1.165, 1.54) is 12.8 Å². The summed E-state index contributed by atoms with van der Waals surface area (Å²) in [6.07, 6.45) is 2.45. The van der Waals surface area contributed by atoms with E-state index in [9.17, 15) is 0 Å². The van der Waals surface area contributed by atoms with Crippen LogP contribution >= 0.6 is 0 Å². The Morgan fingerprint density at radius 1 is 1.14 bits per heavy atom. The average Bonchev–Trinajstić information content (AvgIpc) is 2.55. The van der Waals surface area contributed by atoms with Gasteiger partial charge in [-0.3, -0.25) is 4.90 Å². The van der Waals surface area contributed by atoms with Gasteiger partial charge in [-0.1, -0.05) is 0 Å². The molecule has 1 aliphatic rings. The summed E-state index contributed by atoms with van der Waals surface area (Å²) in [6.45, 7) is 2.99. The number of benzene rings is 1. The molecule has 118 valence electrons. The van der Waals surface area contributed by atoms with Gasteiger partial charge in [0.25, 0.3) is 0 Å². The van der Waals surface area contributed by atoms with Crippen molar-refractivity contribution >= 4 is 0 Å². The predicted octanol–water partition coefficient (Wildman–Crippen LogP) is 1.90. The van der Waals surface area contributed by atoms with Crippen LogP contribution in [-0.4, -0.2) is 52.4 Å². The fraction of sp³-hybridized carbons (Fsp3) is 0.625. The lowest BCUT2D eigenvalue weighted by Crippen LogP contribution is -2.43. The fourth-order valence-electron chi connectivity index (χ4n) is 2.89. The maximum absolute atomic E-state index is 5.52. The number of methoxy groups -OCH3 is 3. The molecule has 2 rings (SSSR count). The van der Waals surface area contributed by atoms with E-state index in [1.807, 2.05) is 19.2 Å². The van der Waals surface area contributed by atoms with Crippen LogP contribution in [0.25, 0.3) is 0 Å². The summed E-state index contributed by atoms with van der Waals surface area (Å²) in [7, 11) is 7.05. The number of rotatable bonds is 6. The lowest BCUT2D eigenvalue weighted by atomic mass is 10.0. The van der Waals surface area contributed by atoms with Crippen molar-refractivity contribution in [3.05, 3.63) is 17.7 Å². The molecule has 0 radical (unpaired) electrons. The van der Waals surface area contributed by atoms with Gasteiger partial charge in [0, 0.05) is 31.3 Å². The molecular weight excluding hydrogens is 268 g/mol. The minimum Gasteiger partial charge on any atom is -0.496 e. The molecule has 1 aromatic carbocycles. The van der Waals surface area contributed by atoms with Crippen LogP contribution in [0.2, 0.25) is 0 Å². The second kappa shape index (κ2) is 7.52. The maximum Gasteiger partial charge on any atom is 0.130 e. The topological polar surface area (TPSA) is 43.0 Å². The van der Waals surface area contributed by atoms with Gasteiger partial charge in [-0.2, -0.15) is 0 Å². The molecule has 5 heteroatoms. The van der Waals surface area contributed by atoms with E-state index < -0.39 is 0 Å². The highest BCUT2D eigenvalue weighted by atomic mass is 16.5. The number of nitrogens with zero attached hydrogens (tertiary/aromatic N) is 1. The third-order valence-corrected chi connectivity index (χ3v) is 4.11. The van der Waals surface area contributed by atoms with E-state index in [2.05, 4.69) is 10.2 Å². The fourth-order valence-corrected chi connectivity index (χ4v) is 2.89. The molecule has 0 aromatic heterocycles. The van der Waals surface area contributed by atoms with Crippen LogP contribution in [0.15, 0.2) is 12.1 Å². The van der Waals surface area contributed by atoms with Gasteiger partial charge < -0.3 is 19.5 Å². The summed E-state index contributed by atoms with van der Waals surface area (Å²) in [4.78, 5) is 2.44. The number of likely N-dealkylation sites (tertiary alicyclic amines) is 1. The van der Waals surface area contributed by atoms with Gasteiger partial charge >= 0.3 is 0 Å². The zero-order chi connectivity index (χ0) is 15.2. The Morgan fingerprint density at radius 2 is 1.81 bits per heavy atom. The van der Waals surface area contributed by atoms with Crippen LogP contribution in [0.3, 0.4) is 0 Å². The van der Waals surface area contributed by atoms with E-state index in [1.54, 1.807) is 21.3 Å². The van der Waals surface area contributed by atoms with Crippen molar-refractivity contribution in [2.75, 3.05) is 41.5 Å². The number of nitrogens with one attached hydrogen (secondary N) is 1. The highest BCUT2D eigenvalue weighted by Crippen LogP contribution is 2.35. The Morgan fingerprint density at radius 3 is 2.33 bits per heavy atom. The normalized spacial score (nSPS) is 19.3. The summed E-state index contributed by atoms with van der Waals surface area (Å²) in [5.74, 6) is 2.38. The van der Waals surface area contributed by atoms with Crippen LogP contribution in [0, 0.1) is 0 Å². The number of likely N-dealkylation sites (N-methyl/N-ethyl adjacent to an activating group) is 1. The molecule has 0 aliphatic carbocycles. The first-order chi connectivity index (χ1) is 10.2. The molecule has 0 bridgehead atoms. The number of hydrogen-bond donors (Lipinski definition) is 1. The molecule has 1 unspecified atom stereocenters. The van der Waals surface area contributed by atoms with E-state index in [-0.39, 0.29) is 0 Å². The lowest BCUT2D eigenvalue weighted by molar-refractivity contribution is 0.184. The number of hydrogen-bond acceptors (Lipinski definition) is 5. The Labute approximate surface area is 127 Å². The van der Waals surface area contributed by atoms with Crippen LogP contribution in [0.1, 0.15) is 18.4 Å². The van der Waals surface area contributed by atoms with Crippen molar-refractivity contribution in [1.82, 2.24) is 10.2 Å². The molecule has 0 spiro atoms. The first-order valence-electron chi connectivity index (χ1n) is 7.40. The summed E-state index contributed by atoms with van der Waals surface area (Å²) in [6, 6.07) is 4.39. The molecule has 1 saturated heterocycles. The van der Waals surface area contributed by atoms with Crippen molar-refractivity contribution in [2.24, 2.45) is 0 Å². The van der Waals surface area contributed by atoms with Crippen molar-refractivity contribution in [3.63, 3.8) is 0 Å². The quantitative estimate of drug-likeness (QED) is 0.868. The zero-order valence-corrected chi connectivity index (χ0v) is 13.4. The van der Waals surface area contributed by atoms with Gasteiger partial charge in [-0.15, -0.1) is 0 Å². The second-order valence-electron chi connectivity index (χ2n) is 5.37. The molecular formula is C16H26N2O3. The van der Waals surface area contributed by atoms with E-state index >= 15 is 0 Å². The first kappa shape index (κ1) is 15.9. The average molecular weight is 294 g/mol. The van der Waals surface area contributed by atoms with Crippen LogP contribution < -0.4 is 19.5 Å². The summed E-state index contributed by atoms with van der Waals surface area (Å²) in [5, 5.41) is 3.37. The molecule has 1 fully saturated rings. The van der Waals surface area contributed by atoms with Gasteiger partial charge in [-0.25, -0.2) is 0 Å². The molecule has 1 heterocycles.